The maximum Gasteiger partial charge on any atom is 0.306 e. The molecule has 124 heavy (non-hydrogen) atoms. The fourth-order valence-corrected chi connectivity index (χ4v) is 24.2. The molecule has 12 fully saturated rings. The number of hydrogen-bond donors (Lipinski definition) is 2. The molecule has 20 atom stereocenters. The number of esters is 2. The molecule has 18 rings (SSSR count). The van der Waals surface area contributed by atoms with Crippen LogP contribution in [0.1, 0.15) is 196 Å². The van der Waals surface area contributed by atoms with Crippen LogP contribution in [0.2, 0.25) is 0 Å². The summed E-state index contributed by atoms with van der Waals surface area (Å²) in [6.07, 6.45) is 18.9. The first-order valence-electron chi connectivity index (χ1n) is 45.8. The van der Waals surface area contributed by atoms with E-state index in [9.17, 15) is 45.6 Å². The molecule has 30 heteroatoms. The van der Waals surface area contributed by atoms with Gasteiger partial charge in [-0.15, -0.1) is 0 Å². The number of amides is 4. The average Bonchev–Trinajstić information content (AvgIpc) is 1.56. The Labute approximate surface area is 727 Å². The minimum absolute atomic E-state index is 0.0609. The van der Waals surface area contributed by atoms with E-state index in [1.165, 1.54) is 12.8 Å². The van der Waals surface area contributed by atoms with E-state index >= 15 is 9.59 Å². The zero-order valence-electron chi connectivity index (χ0n) is 73.0. The van der Waals surface area contributed by atoms with Gasteiger partial charge in [0, 0.05) is 62.6 Å². The Kier molecular flexibility index (Phi) is 24.7. The minimum Gasteiger partial charge on any atom is -0.497 e. The lowest BCUT2D eigenvalue weighted by molar-refractivity contribution is -0.155. The summed E-state index contributed by atoms with van der Waals surface area (Å²) in [6, 6.07) is 13.3. The number of nitrogens with one attached hydrogen (secondary N) is 2. The zero-order chi connectivity index (χ0) is 87.1. The van der Waals surface area contributed by atoms with E-state index in [0.717, 1.165) is 72.9 Å². The van der Waals surface area contributed by atoms with Crippen molar-refractivity contribution in [1.82, 2.24) is 29.2 Å². The molecule has 4 amide bonds. The van der Waals surface area contributed by atoms with Gasteiger partial charge in [-0.2, -0.15) is 9.97 Å². The molecular weight excluding hydrogens is 1630 g/mol. The van der Waals surface area contributed by atoms with E-state index in [1.54, 1.807) is 37.9 Å². The third kappa shape index (κ3) is 18.7. The summed E-state index contributed by atoms with van der Waals surface area (Å²) in [5.41, 5.74) is -2.54. The second kappa shape index (κ2) is 34.9. The third-order valence-electron chi connectivity index (χ3n) is 30.6. The van der Waals surface area contributed by atoms with Gasteiger partial charge in [-0.25, -0.2) is 16.8 Å². The molecule has 4 saturated heterocycles. The molecule has 6 aliphatic heterocycles. The van der Waals surface area contributed by atoms with Crippen molar-refractivity contribution in [2.24, 2.45) is 81.8 Å². The maximum absolute atomic E-state index is 15.2. The summed E-state index contributed by atoms with van der Waals surface area (Å²) in [6.45, 7) is 16.6. The molecule has 672 valence electrons. The number of carbonyl (C=O) groups is 8. The Hall–Kier alpha value is -8.48. The van der Waals surface area contributed by atoms with Gasteiger partial charge in [0.2, 0.25) is 55.4 Å². The van der Waals surface area contributed by atoms with Crippen molar-refractivity contribution in [1.29, 1.82) is 0 Å². The number of morpholine rings is 2. The fourth-order valence-electron chi connectivity index (χ4n) is 21.5. The van der Waals surface area contributed by atoms with Crippen LogP contribution in [-0.4, -0.2) is 210 Å². The van der Waals surface area contributed by atoms with E-state index in [0.29, 0.717) is 163 Å². The van der Waals surface area contributed by atoms with Gasteiger partial charge in [0.15, 0.2) is 11.6 Å². The number of ether oxygens (including phenoxy) is 8. The highest BCUT2D eigenvalue weighted by molar-refractivity contribution is 7.92. The molecule has 28 nitrogen and oxygen atoms in total. The number of benzene rings is 2. The lowest BCUT2D eigenvalue weighted by Crippen LogP contribution is -2.48. The lowest BCUT2D eigenvalue weighted by Gasteiger charge is -2.32. The van der Waals surface area contributed by atoms with Crippen molar-refractivity contribution in [2.75, 3.05) is 89.7 Å². The molecule has 2 unspecified atom stereocenters. The van der Waals surface area contributed by atoms with Crippen LogP contribution >= 0.6 is 0 Å². The molecule has 2 aromatic carbocycles. The Morgan fingerprint density at radius 2 is 0.879 bits per heavy atom. The number of carbonyl (C=O) groups excluding carboxylic acids is 8. The van der Waals surface area contributed by atoms with E-state index in [1.807, 2.05) is 86.7 Å². The summed E-state index contributed by atoms with van der Waals surface area (Å²) in [4.78, 5) is 133. The Morgan fingerprint density at radius 3 is 1.24 bits per heavy atom. The van der Waals surface area contributed by atoms with Crippen LogP contribution in [0.3, 0.4) is 0 Å². The van der Waals surface area contributed by atoms with Crippen molar-refractivity contribution in [3.8, 4) is 23.3 Å². The number of methoxy groups -OCH3 is 2. The number of rotatable bonds is 20. The van der Waals surface area contributed by atoms with Gasteiger partial charge in [-0.3, -0.25) is 47.8 Å². The highest BCUT2D eigenvalue weighted by Crippen LogP contribution is 2.60. The summed E-state index contributed by atoms with van der Waals surface area (Å²) in [5.74, 6) is 0.485. The van der Waals surface area contributed by atoms with E-state index in [4.69, 9.17) is 47.9 Å². The predicted octanol–water partition coefficient (Wildman–Crippen LogP) is 11.5. The van der Waals surface area contributed by atoms with Crippen molar-refractivity contribution in [3.05, 3.63) is 72.8 Å². The Bertz CT molecular complexity index is 4770. The van der Waals surface area contributed by atoms with Gasteiger partial charge in [0.25, 0.3) is 0 Å². The largest absolute Gasteiger partial charge is 0.497 e. The zero-order valence-corrected chi connectivity index (χ0v) is 74.7. The van der Waals surface area contributed by atoms with Crippen molar-refractivity contribution in [3.63, 3.8) is 0 Å². The number of anilines is 2. The quantitative estimate of drug-likeness (QED) is 0.0613. The maximum atomic E-state index is 15.2. The van der Waals surface area contributed by atoms with Crippen molar-refractivity contribution in [2.45, 2.75) is 242 Å². The summed E-state index contributed by atoms with van der Waals surface area (Å²) in [7, 11) is -4.70. The molecule has 8 saturated carbocycles. The van der Waals surface area contributed by atoms with E-state index < -0.39 is 100 Å². The number of fused-ring (bicyclic) bond motifs is 8. The average molecular weight is 1750 g/mol. The van der Waals surface area contributed by atoms with Crippen molar-refractivity contribution >= 4 is 100 Å². The van der Waals surface area contributed by atoms with Crippen LogP contribution in [0.25, 0.3) is 21.5 Å². The van der Waals surface area contributed by atoms with Crippen LogP contribution in [0.15, 0.2) is 72.8 Å². The van der Waals surface area contributed by atoms with Gasteiger partial charge in [0.1, 0.15) is 47.6 Å². The van der Waals surface area contributed by atoms with Gasteiger partial charge >= 0.3 is 11.9 Å². The van der Waals surface area contributed by atoms with Crippen LogP contribution in [0.5, 0.6) is 23.3 Å². The number of pyridine rings is 2. The first kappa shape index (κ1) is 87.6. The minimum atomic E-state index is -3.96. The van der Waals surface area contributed by atoms with Gasteiger partial charge in [-0.1, -0.05) is 52.0 Å². The molecule has 4 aromatic rings. The summed E-state index contributed by atoms with van der Waals surface area (Å²) in [5, 5.41) is 3.19. The number of ketones is 2. The van der Waals surface area contributed by atoms with Crippen LogP contribution < -0.4 is 38.2 Å². The fraction of sp³-hybridized carbons (Fsp3) is 0.681. The lowest BCUT2D eigenvalue weighted by atomic mass is 9.82. The topological polar surface area (TPSA) is 341 Å². The molecule has 2 aromatic heterocycles. The first-order valence-corrected chi connectivity index (χ1v) is 48.8. The smallest absolute Gasteiger partial charge is 0.306 e. The molecular formula is C94H124N8O20S2. The van der Waals surface area contributed by atoms with E-state index in [2.05, 4.69) is 33.1 Å². The van der Waals surface area contributed by atoms with Crippen LogP contribution in [0.4, 0.5) is 11.6 Å². The van der Waals surface area contributed by atoms with Crippen molar-refractivity contribution < 1.29 is 93.1 Å². The summed E-state index contributed by atoms with van der Waals surface area (Å²) < 4.78 is 104. The standard InChI is InChI=1S/2C47H62N4O10S/c2*1-28-7-5-6-8-33-25-47(33,45(55)49-62(56,57)46(3)11-12-46)26-40(52)39-23-36(27-51(39)44(54)38(29(2)17-28)24-42(53)60-35-19-30-18-31(30)20-35)61-43-37-10-9-34(58-4)21-32(37)22-41(48-43)50-13-15-59-16-14-50/h2*6,8-10,21-22,28-31,33,35-36,38-39H,5,7,11-20,23-27H2,1-4H3,(H,49,55)/b2*8-6-/t28-,29+,30-,31+,33+,35?,36+,38-,39-,47+;28-,29-,30-,31+,33-,35?,36-,38+,39+,47-/m01/s1. The number of sulfonamides is 2. The van der Waals surface area contributed by atoms with Crippen LogP contribution in [0, 0.1) is 81.8 Å². The van der Waals surface area contributed by atoms with Gasteiger partial charge in [-0.05, 0) is 248 Å². The van der Waals surface area contributed by atoms with Crippen LogP contribution in [-0.2, 0) is 77.4 Å². The van der Waals surface area contributed by atoms with Gasteiger partial charge < -0.3 is 57.5 Å². The molecule has 0 radical (unpaired) electrons. The highest BCUT2D eigenvalue weighted by Gasteiger charge is 2.65. The predicted molar refractivity (Wildman–Crippen MR) is 462 cm³/mol. The SMILES string of the molecule is COc1ccc2c(O[C@@H]3C[C@H]4C(=O)C[C@]5(C(=O)NS(=O)(=O)C6(C)CC6)C[C@H]5/C=C\CC[C@@H](C)C[C@@H](C)[C@H](CC(=O)OC5C[C@@H]6C[C@@H]6C5)C(=O)N4C3)nc(N3CCOCC3)cc2c1.COc1ccc2c(O[C@@H]3C[C@H]4C(=O)C[C@]5(C(=O)NS(=O)(=O)C6(C)CC6)C[C@H]5/C=C\CC[C@H](C)C[C@@H](C)[C@H](CC(=O)OC5C[C@@H]6C[C@@H]6C5)C(=O)N4C3)nc(N3CCOCC3)cc2c1. The molecule has 2 N–H and O–H groups in total. The van der Waals surface area contributed by atoms with Gasteiger partial charge in [0.05, 0.1) is 111 Å². The monoisotopic (exact) mass is 1750 g/mol. The Balaban J connectivity index is 0.000000176. The van der Waals surface area contributed by atoms with E-state index in [-0.39, 0.29) is 123 Å². The normalized spacial score (nSPS) is 34.8. The molecule has 0 spiro atoms. The summed E-state index contributed by atoms with van der Waals surface area (Å²) >= 11 is 0. The first-order chi connectivity index (χ1) is 59.3. The molecule has 0 bridgehead atoms. The Morgan fingerprint density at radius 1 is 0.500 bits per heavy atom. The highest BCUT2D eigenvalue weighted by atomic mass is 32.2. The third-order valence-corrected chi connectivity index (χ3v) is 34.9. The number of allylic oxidation sites excluding steroid dienone is 4. The second-order valence-electron chi connectivity index (χ2n) is 39.8. The number of nitrogens with zero attached hydrogens (tertiary/aromatic N) is 6. The molecule has 8 heterocycles. The number of hydrogen-bond acceptors (Lipinski definition) is 24. The molecule has 14 aliphatic rings. The number of Topliss-reactive ketones (excluding diaryl/α,β-unsaturated/α-hetero) is 2. The number of aromatic nitrogens is 2. The molecule has 8 aliphatic carbocycles. The second-order valence-corrected chi connectivity index (χ2v) is 44.2.